The van der Waals surface area contributed by atoms with Gasteiger partial charge in [-0.2, -0.15) is 0 Å². The summed E-state index contributed by atoms with van der Waals surface area (Å²) in [4.78, 5) is 18.4. The van der Waals surface area contributed by atoms with Crippen LogP contribution in [0.5, 0.6) is 5.75 Å². The predicted molar refractivity (Wildman–Crippen MR) is 112 cm³/mol. The van der Waals surface area contributed by atoms with E-state index in [2.05, 4.69) is 16.4 Å². The molecule has 1 N–H and O–H groups in total. The minimum absolute atomic E-state index is 0.282. The van der Waals surface area contributed by atoms with Crippen molar-refractivity contribution in [1.29, 1.82) is 0 Å². The van der Waals surface area contributed by atoms with Crippen LogP contribution in [-0.2, 0) is 13.1 Å². The fourth-order valence-corrected chi connectivity index (χ4v) is 4.03. The van der Waals surface area contributed by atoms with E-state index in [1.165, 1.54) is 0 Å². The van der Waals surface area contributed by atoms with Crippen molar-refractivity contribution < 1.29 is 14.6 Å². The summed E-state index contributed by atoms with van der Waals surface area (Å²) in [7, 11) is 0. The van der Waals surface area contributed by atoms with Crippen LogP contribution < -0.4 is 4.74 Å². The van der Waals surface area contributed by atoms with E-state index in [1.54, 1.807) is 12.1 Å². The Hall–Kier alpha value is -2.86. The molecule has 152 valence electrons. The lowest BCUT2D eigenvalue weighted by Crippen LogP contribution is -2.35. The highest BCUT2D eigenvalue weighted by molar-refractivity contribution is 5.92. The largest absolute Gasteiger partial charge is 0.493 e. The number of carboxylic acid groups (broad SMARTS) is 1. The van der Waals surface area contributed by atoms with E-state index in [0.717, 1.165) is 68.2 Å². The Balaban J connectivity index is 1.37. The van der Waals surface area contributed by atoms with Gasteiger partial charge in [-0.25, -0.2) is 9.78 Å². The minimum Gasteiger partial charge on any atom is -0.493 e. The first-order valence-electron chi connectivity index (χ1n) is 10.3. The number of likely N-dealkylation sites (tertiary alicyclic amines) is 1. The van der Waals surface area contributed by atoms with Crippen molar-refractivity contribution in [2.75, 3.05) is 19.7 Å². The average molecular weight is 393 g/mol. The number of benzene rings is 2. The third-order valence-corrected chi connectivity index (χ3v) is 5.69. The predicted octanol–water partition coefficient (Wildman–Crippen LogP) is 4.05. The number of aromatic nitrogens is 2. The van der Waals surface area contributed by atoms with Crippen LogP contribution in [0.15, 0.2) is 48.5 Å². The maximum absolute atomic E-state index is 11.2. The number of hydrogen-bond acceptors (Lipinski definition) is 4. The molecule has 6 heteroatoms. The number of aromatic carboxylic acids is 1. The molecule has 0 amide bonds. The molecule has 6 nitrogen and oxygen atoms in total. The fraction of sp³-hybridized carbons (Fsp3) is 0.391. The van der Waals surface area contributed by atoms with Crippen LogP contribution in [0.3, 0.4) is 0 Å². The number of fused-ring (bicyclic) bond motifs is 1. The number of imidazole rings is 1. The monoisotopic (exact) mass is 393 g/mol. The highest BCUT2D eigenvalue weighted by atomic mass is 16.5. The standard InChI is InChI=1S/C23H27N3O3/c1-2-26-21-9-8-18(23(27)28)14-20(21)24-22(26)15-25-12-10-17(11-13-25)16-29-19-6-4-3-5-7-19/h3-9,14,17H,2,10-13,15-16H2,1H3,(H,27,28). The third kappa shape index (κ3) is 4.43. The number of carboxylic acids is 1. The maximum atomic E-state index is 11.2. The molecule has 0 atom stereocenters. The zero-order valence-electron chi connectivity index (χ0n) is 16.8. The third-order valence-electron chi connectivity index (χ3n) is 5.69. The van der Waals surface area contributed by atoms with Gasteiger partial charge in [0.15, 0.2) is 0 Å². The van der Waals surface area contributed by atoms with Crippen LogP contribution in [0.25, 0.3) is 11.0 Å². The van der Waals surface area contributed by atoms with E-state index in [1.807, 2.05) is 36.4 Å². The number of aryl methyl sites for hydroxylation is 1. The Morgan fingerprint density at radius 1 is 1.17 bits per heavy atom. The van der Waals surface area contributed by atoms with Crippen LogP contribution in [0.2, 0.25) is 0 Å². The van der Waals surface area contributed by atoms with Gasteiger partial charge in [0, 0.05) is 6.54 Å². The van der Waals surface area contributed by atoms with E-state index < -0.39 is 5.97 Å². The molecule has 29 heavy (non-hydrogen) atoms. The van der Waals surface area contributed by atoms with E-state index in [9.17, 15) is 9.90 Å². The Labute approximate surface area is 170 Å². The number of para-hydroxylation sites is 1. The summed E-state index contributed by atoms with van der Waals surface area (Å²) in [5.74, 6) is 1.60. The molecule has 0 spiro atoms. The lowest BCUT2D eigenvalue weighted by Gasteiger charge is -2.31. The normalized spacial score (nSPS) is 15.6. The molecule has 2 aromatic carbocycles. The Kier molecular flexibility index (Phi) is 5.81. The highest BCUT2D eigenvalue weighted by Crippen LogP contribution is 2.23. The Morgan fingerprint density at radius 3 is 2.62 bits per heavy atom. The first kappa shape index (κ1) is 19.5. The first-order valence-corrected chi connectivity index (χ1v) is 10.3. The molecule has 0 aliphatic carbocycles. The summed E-state index contributed by atoms with van der Waals surface area (Å²) in [6.45, 7) is 6.52. The summed E-state index contributed by atoms with van der Waals surface area (Å²) in [5, 5.41) is 9.23. The zero-order chi connectivity index (χ0) is 20.2. The molecular formula is C23H27N3O3. The molecule has 0 bridgehead atoms. The Bertz CT molecular complexity index is 976. The second-order valence-corrected chi connectivity index (χ2v) is 7.62. The molecule has 0 radical (unpaired) electrons. The van der Waals surface area contributed by atoms with Crippen molar-refractivity contribution in [2.24, 2.45) is 5.92 Å². The summed E-state index contributed by atoms with van der Waals surface area (Å²) >= 11 is 0. The van der Waals surface area contributed by atoms with Gasteiger partial charge in [0.1, 0.15) is 11.6 Å². The van der Waals surface area contributed by atoms with Gasteiger partial charge in [-0.1, -0.05) is 18.2 Å². The average Bonchev–Trinajstić information content (AvgIpc) is 3.10. The van der Waals surface area contributed by atoms with E-state index >= 15 is 0 Å². The van der Waals surface area contributed by atoms with Crippen molar-refractivity contribution in [3.8, 4) is 5.75 Å². The van der Waals surface area contributed by atoms with Crippen molar-refractivity contribution in [3.63, 3.8) is 0 Å². The van der Waals surface area contributed by atoms with Gasteiger partial charge in [-0.15, -0.1) is 0 Å². The zero-order valence-corrected chi connectivity index (χ0v) is 16.8. The number of carbonyl (C=O) groups is 1. The summed E-state index contributed by atoms with van der Waals surface area (Å²) < 4.78 is 8.11. The molecule has 0 saturated carbocycles. The first-order chi connectivity index (χ1) is 14.1. The van der Waals surface area contributed by atoms with Crippen molar-refractivity contribution in [1.82, 2.24) is 14.5 Å². The second-order valence-electron chi connectivity index (χ2n) is 7.62. The van der Waals surface area contributed by atoms with E-state index in [0.29, 0.717) is 5.92 Å². The van der Waals surface area contributed by atoms with Gasteiger partial charge in [-0.3, -0.25) is 4.90 Å². The summed E-state index contributed by atoms with van der Waals surface area (Å²) in [6, 6.07) is 15.2. The Morgan fingerprint density at radius 2 is 1.93 bits per heavy atom. The molecule has 1 aromatic heterocycles. The number of hydrogen-bond donors (Lipinski definition) is 1. The van der Waals surface area contributed by atoms with Crippen LogP contribution in [0.1, 0.15) is 35.9 Å². The van der Waals surface area contributed by atoms with Gasteiger partial charge in [0.2, 0.25) is 0 Å². The van der Waals surface area contributed by atoms with Crippen molar-refractivity contribution in [2.45, 2.75) is 32.9 Å². The second kappa shape index (κ2) is 8.66. The van der Waals surface area contributed by atoms with Gasteiger partial charge < -0.3 is 14.4 Å². The molecule has 3 aromatic rings. The molecule has 0 unspecified atom stereocenters. The van der Waals surface area contributed by atoms with E-state index in [4.69, 9.17) is 9.72 Å². The van der Waals surface area contributed by atoms with Crippen LogP contribution in [0, 0.1) is 5.92 Å². The smallest absolute Gasteiger partial charge is 0.335 e. The molecule has 1 fully saturated rings. The molecule has 1 aliphatic rings. The minimum atomic E-state index is -0.917. The molecule has 2 heterocycles. The quantitative estimate of drug-likeness (QED) is 0.656. The van der Waals surface area contributed by atoms with Crippen molar-refractivity contribution in [3.05, 3.63) is 59.9 Å². The van der Waals surface area contributed by atoms with Gasteiger partial charge in [0.05, 0.1) is 29.7 Å². The lowest BCUT2D eigenvalue weighted by molar-refractivity contribution is 0.0697. The van der Waals surface area contributed by atoms with Crippen LogP contribution >= 0.6 is 0 Å². The molecular weight excluding hydrogens is 366 g/mol. The number of ether oxygens (including phenoxy) is 1. The SMILES string of the molecule is CCn1c(CN2CCC(COc3ccccc3)CC2)nc2cc(C(=O)O)ccc21. The maximum Gasteiger partial charge on any atom is 0.335 e. The van der Waals surface area contributed by atoms with Crippen molar-refractivity contribution >= 4 is 17.0 Å². The summed E-state index contributed by atoms with van der Waals surface area (Å²) in [6.07, 6.45) is 2.23. The number of piperidine rings is 1. The van der Waals surface area contributed by atoms with Crippen LogP contribution in [-0.4, -0.2) is 45.2 Å². The topological polar surface area (TPSA) is 67.6 Å². The highest BCUT2D eigenvalue weighted by Gasteiger charge is 2.22. The number of rotatable bonds is 7. The van der Waals surface area contributed by atoms with Gasteiger partial charge in [-0.05, 0) is 69.1 Å². The molecule has 1 aliphatic heterocycles. The van der Waals surface area contributed by atoms with E-state index in [-0.39, 0.29) is 5.56 Å². The lowest BCUT2D eigenvalue weighted by atomic mass is 9.98. The van der Waals surface area contributed by atoms with Gasteiger partial charge >= 0.3 is 5.97 Å². The fourth-order valence-electron chi connectivity index (χ4n) is 4.03. The molecule has 4 rings (SSSR count). The number of nitrogens with zero attached hydrogens (tertiary/aromatic N) is 3. The van der Waals surface area contributed by atoms with Crippen LogP contribution in [0.4, 0.5) is 0 Å². The molecule has 1 saturated heterocycles. The van der Waals surface area contributed by atoms with Gasteiger partial charge in [0.25, 0.3) is 0 Å². The summed E-state index contributed by atoms with van der Waals surface area (Å²) in [5.41, 5.74) is 2.04.